The normalized spacial score (nSPS) is 19.3. The van der Waals surface area contributed by atoms with Crippen LogP contribution in [0.2, 0.25) is 0 Å². The Bertz CT molecular complexity index is 1420. The zero-order valence-electron chi connectivity index (χ0n) is 26.3. The molecule has 4 atom stereocenters. The highest BCUT2D eigenvalue weighted by atomic mass is 19.1. The second-order valence-electron chi connectivity index (χ2n) is 11.7. The predicted octanol–water partition coefficient (Wildman–Crippen LogP) is 3.53. The van der Waals surface area contributed by atoms with Crippen molar-refractivity contribution in [3.05, 3.63) is 83.4 Å². The Balaban J connectivity index is 1.83. The summed E-state index contributed by atoms with van der Waals surface area (Å²) in [7, 11) is 1.20. The van der Waals surface area contributed by atoms with Crippen LogP contribution >= 0.6 is 0 Å². The molecule has 3 rings (SSSR count). The average molecular weight is 641 g/mol. The largest absolute Gasteiger partial charge is 0.467 e. The fourth-order valence-corrected chi connectivity index (χ4v) is 5.20. The van der Waals surface area contributed by atoms with E-state index in [0.717, 1.165) is 0 Å². The minimum absolute atomic E-state index is 0.0557. The van der Waals surface area contributed by atoms with Gasteiger partial charge in [0.2, 0.25) is 11.8 Å². The van der Waals surface area contributed by atoms with Crippen LogP contribution in [0.15, 0.2) is 60.7 Å². The summed E-state index contributed by atoms with van der Waals surface area (Å²) in [6.07, 6.45) is 4.18. The number of methoxy groups -OCH3 is 1. The maximum absolute atomic E-state index is 14.0. The lowest BCUT2D eigenvalue weighted by atomic mass is 9.90. The highest BCUT2D eigenvalue weighted by Crippen LogP contribution is 2.19. The fraction of sp³-hybridized carbons (Fsp3) is 0.441. The summed E-state index contributed by atoms with van der Waals surface area (Å²) in [6.45, 7) is 3.82. The molecule has 248 valence electrons. The Kier molecular flexibility index (Phi) is 13.9. The molecule has 0 spiro atoms. The van der Waals surface area contributed by atoms with Crippen LogP contribution in [0.5, 0.6) is 0 Å². The van der Waals surface area contributed by atoms with Gasteiger partial charge in [-0.15, -0.1) is 0 Å². The second kappa shape index (κ2) is 17.8. The molecule has 0 bridgehead atoms. The minimum atomic E-state index is -1.15. The molecular formula is C34H42F2N4O6. The van der Waals surface area contributed by atoms with Gasteiger partial charge >= 0.3 is 12.0 Å². The lowest BCUT2D eigenvalue weighted by Crippen LogP contribution is -2.53. The molecular weight excluding hydrogens is 598 g/mol. The van der Waals surface area contributed by atoms with Gasteiger partial charge in [0.1, 0.15) is 17.7 Å². The van der Waals surface area contributed by atoms with Gasteiger partial charge in [-0.1, -0.05) is 50.6 Å². The molecule has 1 aliphatic rings. The van der Waals surface area contributed by atoms with Crippen LogP contribution in [-0.4, -0.2) is 61.4 Å². The van der Waals surface area contributed by atoms with E-state index in [0.29, 0.717) is 36.9 Å². The van der Waals surface area contributed by atoms with Gasteiger partial charge in [0.15, 0.2) is 5.78 Å². The smallest absolute Gasteiger partial charge is 0.328 e. The summed E-state index contributed by atoms with van der Waals surface area (Å²) in [6, 6.07) is 7.94. The molecule has 46 heavy (non-hydrogen) atoms. The molecule has 1 aliphatic heterocycles. The fourth-order valence-electron chi connectivity index (χ4n) is 5.20. The third kappa shape index (κ3) is 11.7. The molecule has 2 aromatic rings. The molecule has 0 saturated heterocycles. The molecule has 1 heterocycles. The first-order chi connectivity index (χ1) is 21.9. The highest BCUT2D eigenvalue weighted by Gasteiger charge is 2.31. The van der Waals surface area contributed by atoms with Gasteiger partial charge in [0.25, 0.3) is 0 Å². The van der Waals surface area contributed by atoms with Gasteiger partial charge in [-0.2, -0.15) is 0 Å². The summed E-state index contributed by atoms with van der Waals surface area (Å²) < 4.78 is 32.6. The van der Waals surface area contributed by atoms with E-state index in [-0.39, 0.29) is 31.1 Å². The van der Waals surface area contributed by atoms with E-state index in [4.69, 9.17) is 4.74 Å². The van der Waals surface area contributed by atoms with Gasteiger partial charge in [-0.25, -0.2) is 18.4 Å². The summed E-state index contributed by atoms with van der Waals surface area (Å²) in [4.78, 5) is 64.9. The molecule has 0 saturated carbocycles. The number of carbonyl (C=O) groups excluding carboxylic acids is 5. The van der Waals surface area contributed by atoms with Crippen molar-refractivity contribution in [2.24, 2.45) is 11.8 Å². The van der Waals surface area contributed by atoms with E-state index in [1.807, 2.05) is 0 Å². The van der Waals surface area contributed by atoms with Crippen molar-refractivity contribution in [1.82, 2.24) is 21.3 Å². The number of ether oxygens (including phenoxy) is 1. The van der Waals surface area contributed by atoms with Crippen molar-refractivity contribution in [1.29, 1.82) is 0 Å². The quantitative estimate of drug-likeness (QED) is 0.277. The van der Waals surface area contributed by atoms with Crippen LogP contribution in [-0.2, 0) is 36.8 Å². The number of halogens is 2. The Morgan fingerprint density at radius 2 is 1.65 bits per heavy atom. The first-order valence-corrected chi connectivity index (χ1v) is 15.4. The summed E-state index contributed by atoms with van der Waals surface area (Å²) in [5, 5.41) is 10.8. The monoisotopic (exact) mass is 640 g/mol. The van der Waals surface area contributed by atoms with Crippen molar-refractivity contribution < 1.29 is 37.5 Å². The number of Topliss-reactive ketones (excluding diaryl/α,β-unsaturated/α-hetero) is 1. The van der Waals surface area contributed by atoms with Crippen LogP contribution in [0.3, 0.4) is 0 Å². The molecule has 0 radical (unpaired) electrons. The SMILES string of the molecule is COC(=O)[C@@H](NC(=O)N[C@@H](Cc1cccc(F)c1)C(=O)CC1CCCCNC(=O)/C=C/[C@H](Cc2cccc(F)c2)NC1=O)C(C)C. The van der Waals surface area contributed by atoms with E-state index in [1.165, 1.54) is 49.6 Å². The molecule has 0 aromatic heterocycles. The molecule has 1 unspecified atom stereocenters. The Morgan fingerprint density at radius 3 is 2.30 bits per heavy atom. The number of ketones is 1. The zero-order chi connectivity index (χ0) is 33.6. The first-order valence-electron chi connectivity index (χ1n) is 15.4. The first kappa shape index (κ1) is 35.9. The van der Waals surface area contributed by atoms with Gasteiger partial charge in [0, 0.05) is 25.0 Å². The highest BCUT2D eigenvalue weighted by molar-refractivity contribution is 5.93. The predicted molar refractivity (Wildman–Crippen MR) is 167 cm³/mol. The summed E-state index contributed by atoms with van der Waals surface area (Å²) in [5.74, 6) is -3.91. The van der Waals surface area contributed by atoms with E-state index in [1.54, 1.807) is 32.0 Å². The number of carbonyl (C=O) groups is 5. The number of amides is 4. The number of hydrogen-bond acceptors (Lipinski definition) is 6. The van der Waals surface area contributed by atoms with E-state index in [2.05, 4.69) is 21.3 Å². The molecule has 0 aliphatic carbocycles. The van der Waals surface area contributed by atoms with Crippen molar-refractivity contribution in [3.8, 4) is 0 Å². The Labute approximate surface area is 267 Å². The maximum atomic E-state index is 14.0. The average Bonchev–Trinajstić information content (AvgIpc) is 3.00. The summed E-state index contributed by atoms with van der Waals surface area (Å²) >= 11 is 0. The lowest BCUT2D eigenvalue weighted by molar-refractivity contribution is -0.144. The number of rotatable bonds is 11. The van der Waals surface area contributed by atoms with Gasteiger partial charge < -0.3 is 26.0 Å². The number of nitrogens with one attached hydrogen (secondary N) is 4. The lowest BCUT2D eigenvalue weighted by Gasteiger charge is -2.25. The van der Waals surface area contributed by atoms with Crippen LogP contribution in [0, 0.1) is 23.5 Å². The van der Waals surface area contributed by atoms with Crippen LogP contribution in [0.4, 0.5) is 13.6 Å². The second-order valence-corrected chi connectivity index (χ2v) is 11.7. The Morgan fingerprint density at radius 1 is 0.978 bits per heavy atom. The van der Waals surface area contributed by atoms with Crippen LogP contribution in [0.25, 0.3) is 0 Å². The van der Waals surface area contributed by atoms with E-state index in [9.17, 15) is 32.8 Å². The van der Waals surface area contributed by atoms with Gasteiger partial charge in [0.05, 0.1) is 19.2 Å². The topological polar surface area (TPSA) is 143 Å². The number of hydrogen-bond donors (Lipinski definition) is 4. The van der Waals surface area contributed by atoms with Crippen LogP contribution < -0.4 is 21.3 Å². The third-order valence-corrected chi connectivity index (χ3v) is 7.68. The standard InChI is InChI=1S/C34H42F2N4O6/c1-21(2)31(33(44)46-3)40-34(45)39-28(19-23-9-7-12-26(36)17-23)29(41)20-24-10-4-5-15-37-30(42)14-13-27(38-32(24)43)18-22-8-6-11-25(35)16-22/h6-9,11-14,16-17,21,24,27-28,31H,4-5,10,15,18-20H2,1-3H3,(H,37,42)(H,38,43)(H2,39,40,45)/b14-13+/t24?,27-,28+,31+/m1/s1. The zero-order valence-corrected chi connectivity index (χ0v) is 26.3. The van der Waals surface area contributed by atoms with Crippen molar-refractivity contribution in [3.63, 3.8) is 0 Å². The molecule has 2 aromatic carbocycles. The van der Waals surface area contributed by atoms with Crippen molar-refractivity contribution in [2.75, 3.05) is 13.7 Å². The Hall–Kier alpha value is -4.61. The molecule has 10 nitrogen and oxygen atoms in total. The number of urea groups is 1. The van der Waals surface area contributed by atoms with Crippen molar-refractivity contribution in [2.45, 2.75) is 70.5 Å². The third-order valence-electron chi connectivity index (χ3n) is 7.68. The van der Waals surface area contributed by atoms with Crippen molar-refractivity contribution >= 4 is 29.6 Å². The number of benzene rings is 2. The molecule has 12 heteroatoms. The molecule has 4 N–H and O–H groups in total. The van der Waals surface area contributed by atoms with Gasteiger partial charge in [-0.3, -0.25) is 14.4 Å². The molecule has 0 fully saturated rings. The van der Waals surface area contributed by atoms with E-state index >= 15 is 0 Å². The molecule has 4 amide bonds. The van der Waals surface area contributed by atoms with Crippen LogP contribution in [0.1, 0.15) is 50.7 Å². The number of esters is 1. The van der Waals surface area contributed by atoms with E-state index < -0.39 is 59.4 Å². The van der Waals surface area contributed by atoms with Gasteiger partial charge in [-0.05, 0) is 67.0 Å². The minimum Gasteiger partial charge on any atom is -0.467 e. The summed E-state index contributed by atoms with van der Waals surface area (Å²) in [5.41, 5.74) is 1.05. The maximum Gasteiger partial charge on any atom is 0.328 e.